The molecule has 0 aliphatic carbocycles. The molecule has 3 aromatic carbocycles. The number of hydrogen-bond acceptors (Lipinski definition) is 7. The summed E-state index contributed by atoms with van der Waals surface area (Å²) in [4.78, 5) is 41.8. The zero-order valence-corrected chi connectivity index (χ0v) is 32.4. The Morgan fingerprint density at radius 1 is 0.804 bits per heavy atom. The first-order valence-electron chi connectivity index (χ1n) is 17.5. The molecule has 0 bridgehead atoms. The van der Waals surface area contributed by atoms with Gasteiger partial charge >= 0.3 is 6.09 Å². The summed E-state index contributed by atoms with van der Waals surface area (Å²) in [5.74, 6) is 0.384. The van der Waals surface area contributed by atoms with Crippen molar-refractivity contribution in [2.75, 3.05) is 58.7 Å². The number of nitrogens with one attached hydrogen (secondary N) is 3. The Labute approximate surface area is 322 Å². The van der Waals surface area contributed by atoms with Crippen molar-refractivity contribution < 1.29 is 19.1 Å². The third-order valence-corrected chi connectivity index (χ3v) is 8.91. The van der Waals surface area contributed by atoms with Gasteiger partial charge in [-0.1, -0.05) is 79.2 Å². The van der Waals surface area contributed by atoms with E-state index in [4.69, 9.17) is 4.74 Å². The SMILES string of the molecule is CNCCCC(=O)c1ccc(CNCCCCCC(=O)N(C)CCN2CCC(OC(=O)Nc3ccccc3-c3ccccc3)CC2)cc1.Cl.Cl.Cl. The summed E-state index contributed by atoms with van der Waals surface area (Å²) in [5.41, 5.74) is 4.68. The van der Waals surface area contributed by atoms with Gasteiger partial charge in [-0.15, -0.1) is 37.2 Å². The van der Waals surface area contributed by atoms with Crippen LogP contribution >= 0.6 is 37.2 Å². The molecule has 51 heavy (non-hydrogen) atoms. The number of halogens is 3. The minimum atomic E-state index is -0.423. The van der Waals surface area contributed by atoms with Crippen LogP contribution in [0.3, 0.4) is 0 Å². The molecule has 0 saturated carbocycles. The van der Waals surface area contributed by atoms with Crippen molar-refractivity contribution in [3.05, 3.63) is 90.0 Å². The number of carbonyl (C=O) groups is 3. The van der Waals surface area contributed by atoms with E-state index in [1.54, 1.807) is 0 Å². The van der Waals surface area contributed by atoms with Gasteiger partial charge in [-0.05, 0) is 69.4 Å². The summed E-state index contributed by atoms with van der Waals surface area (Å²) in [6, 6.07) is 25.6. The molecule has 1 heterocycles. The van der Waals surface area contributed by atoms with E-state index in [-0.39, 0.29) is 55.0 Å². The smallest absolute Gasteiger partial charge is 0.411 e. The lowest BCUT2D eigenvalue weighted by Gasteiger charge is -2.32. The van der Waals surface area contributed by atoms with Crippen molar-refractivity contribution >= 4 is 60.7 Å². The average molecular weight is 765 g/mol. The molecular weight excluding hydrogens is 709 g/mol. The van der Waals surface area contributed by atoms with Crippen LogP contribution in [0.1, 0.15) is 67.3 Å². The van der Waals surface area contributed by atoms with Crippen LogP contribution < -0.4 is 16.0 Å². The van der Waals surface area contributed by atoms with Gasteiger partial charge < -0.3 is 25.2 Å². The largest absolute Gasteiger partial charge is 0.446 e. The van der Waals surface area contributed by atoms with E-state index in [0.717, 1.165) is 100 Å². The van der Waals surface area contributed by atoms with Gasteiger partial charge in [-0.25, -0.2) is 4.79 Å². The predicted molar refractivity (Wildman–Crippen MR) is 215 cm³/mol. The molecule has 12 heteroatoms. The van der Waals surface area contributed by atoms with Crippen LogP contribution in [-0.4, -0.2) is 87.1 Å². The van der Waals surface area contributed by atoms with Gasteiger partial charge in [0.05, 0.1) is 5.69 Å². The number of likely N-dealkylation sites (tertiary alicyclic amines) is 1. The van der Waals surface area contributed by atoms with E-state index in [0.29, 0.717) is 19.4 Å². The van der Waals surface area contributed by atoms with E-state index in [2.05, 4.69) is 20.9 Å². The lowest BCUT2D eigenvalue weighted by atomic mass is 10.0. The van der Waals surface area contributed by atoms with E-state index in [1.165, 1.54) is 5.56 Å². The van der Waals surface area contributed by atoms with Gasteiger partial charge in [0.25, 0.3) is 0 Å². The Bertz CT molecular complexity index is 1420. The summed E-state index contributed by atoms with van der Waals surface area (Å²) in [6.45, 7) is 5.73. The number of hydrogen-bond donors (Lipinski definition) is 3. The van der Waals surface area contributed by atoms with Gasteiger partial charge in [0.1, 0.15) is 6.10 Å². The lowest BCUT2D eigenvalue weighted by Crippen LogP contribution is -2.42. The molecule has 1 aliphatic rings. The van der Waals surface area contributed by atoms with Crippen LogP contribution in [0.15, 0.2) is 78.9 Å². The standard InChI is InChI=1S/C39H53N5O4.3ClH/c1-40-24-11-16-37(45)33-20-18-31(19-21-33)30-41-25-10-4-7-17-38(46)43(2)28-29-44-26-22-34(23-27-44)48-39(47)42-36-15-9-8-14-35(36)32-12-5-3-6-13-32;;;/h3,5-6,8-9,12-15,18-21,34,40-41H,4,7,10-11,16-17,22-30H2,1-2H3,(H,42,47);3*1H. The Morgan fingerprint density at radius 2 is 1.49 bits per heavy atom. The van der Waals surface area contributed by atoms with Crippen LogP contribution in [0.25, 0.3) is 11.1 Å². The monoisotopic (exact) mass is 763 g/mol. The first-order valence-corrected chi connectivity index (χ1v) is 17.5. The zero-order chi connectivity index (χ0) is 34.0. The molecule has 3 aromatic rings. The minimum Gasteiger partial charge on any atom is -0.446 e. The fourth-order valence-electron chi connectivity index (χ4n) is 5.92. The number of unbranched alkanes of at least 4 members (excludes halogenated alkanes) is 2. The highest BCUT2D eigenvalue weighted by atomic mass is 35.5. The van der Waals surface area contributed by atoms with Gasteiger partial charge in [0, 0.05) is 63.7 Å². The summed E-state index contributed by atoms with van der Waals surface area (Å²) in [6.07, 6.45) is 5.92. The number of piperidine rings is 1. The second kappa shape index (κ2) is 25.7. The van der Waals surface area contributed by atoms with Crippen molar-refractivity contribution in [1.82, 2.24) is 20.4 Å². The molecule has 0 radical (unpaired) electrons. The number of carbonyl (C=O) groups excluding carboxylic acids is 3. The Morgan fingerprint density at radius 3 is 2.20 bits per heavy atom. The fraction of sp³-hybridized carbons (Fsp3) is 0.462. The number of likely N-dealkylation sites (N-methyl/N-ethyl adjacent to an activating group) is 1. The summed E-state index contributed by atoms with van der Waals surface area (Å²) in [7, 11) is 3.79. The molecule has 1 fully saturated rings. The van der Waals surface area contributed by atoms with Crippen LogP contribution in [0, 0.1) is 0 Å². The Balaban J connectivity index is 0.00000433. The highest BCUT2D eigenvalue weighted by Crippen LogP contribution is 2.28. The van der Waals surface area contributed by atoms with Crippen molar-refractivity contribution in [3.63, 3.8) is 0 Å². The number of benzene rings is 3. The molecular formula is C39H56Cl3N5O4. The molecule has 282 valence electrons. The van der Waals surface area contributed by atoms with E-state index >= 15 is 0 Å². The molecule has 3 N–H and O–H groups in total. The number of ether oxygens (including phenoxy) is 1. The van der Waals surface area contributed by atoms with E-state index in [1.807, 2.05) is 97.9 Å². The molecule has 0 aromatic heterocycles. The first kappa shape index (κ1) is 45.8. The molecule has 1 saturated heterocycles. The van der Waals surface area contributed by atoms with Crippen LogP contribution in [0.5, 0.6) is 0 Å². The molecule has 1 aliphatic heterocycles. The lowest BCUT2D eigenvalue weighted by molar-refractivity contribution is -0.130. The number of Topliss-reactive ketones (excluding diaryl/α,β-unsaturated/α-hetero) is 1. The third kappa shape index (κ3) is 16.4. The van der Waals surface area contributed by atoms with Gasteiger partial charge in [-0.2, -0.15) is 0 Å². The normalized spacial score (nSPS) is 12.8. The Kier molecular flexibility index (Phi) is 23.1. The number of para-hydroxylation sites is 1. The average Bonchev–Trinajstić information content (AvgIpc) is 3.11. The maximum Gasteiger partial charge on any atom is 0.411 e. The highest BCUT2D eigenvalue weighted by Gasteiger charge is 2.23. The Hall–Kier alpha value is -3.18. The second-order valence-electron chi connectivity index (χ2n) is 12.6. The number of nitrogens with zero attached hydrogens (tertiary/aromatic N) is 2. The second-order valence-corrected chi connectivity index (χ2v) is 12.6. The van der Waals surface area contributed by atoms with Crippen molar-refractivity contribution in [2.24, 2.45) is 0 Å². The number of rotatable bonds is 19. The fourth-order valence-corrected chi connectivity index (χ4v) is 5.92. The highest BCUT2D eigenvalue weighted by molar-refractivity contribution is 5.96. The summed E-state index contributed by atoms with van der Waals surface area (Å²) < 4.78 is 5.77. The topological polar surface area (TPSA) is 103 Å². The van der Waals surface area contributed by atoms with Gasteiger partial charge in [0.2, 0.25) is 5.91 Å². The van der Waals surface area contributed by atoms with Crippen LogP contribution in [0.4, 0.5) is 10.5 Å². The zero-order valence-electron chi connectivity index (χ0n) is 29.9. The van der Waals surface area contributed by atoms with Crippen molar-refractivity contribution in [1.29, 1.82) is 0 Å². The van der Waals surface area contributed by atoms with Crippen LogP contribution in [-0.2, 0) is 16.1 Å². The third-order valence-electron chi connectivity index (χ3n) is 8.91. The maximum atomic E-state index is 12.7. The number of amides is 2. The maximum absolute atomic E-state index is 12.7. The first-order chi connectivity index (χ1) is 23.4. The molecule has 0 spiro atoms. The van der Waals surface area contributed by atoms with Crippen molar-refractivity contribution in [2.45, 2.75) is 64.0 Å². The molecule has 4 rings (SSSR count). The van der Waals surface area contributed by atoms with Crippen molar-refractivity contribution in [3.8, 4) is 11.1 Å². The summed E-state index contributed by atoms with van der Waals surface area (Å²) in [5, 5.41) is 9.47. The molecule has 2 amide bonds. The van der Waals surface area contributed by atoms with Gasteiger partial charge in [0.15, 0.2) is 5.78 Å². The van der Waals surface area contributed by atoms with E-state index < -0.39 is 6.09 Å². The quantitative estimate of drug-likeness (QED) is 0.0853. The molecule has 0 unspecified atom stereocenters. The number of ketones is 1. The predicted octanol–water partition coefficient (Wildman–Crippen LogP) is 7.62. The van der Waals surface area contributed by atoms with Crippen LogP contribution in [0.2, 0.25) is 0 Å². The number of anilines is 1. The summed E-state index contributed by atoms with van der Waals surface area (Å²) >= 11 is 0. The molecule has 0 atom stereocenters. The van der Waals surface area contributed by atoms with Gasteiger partial charge in [-0.3, -0.25) is 14.9 Å². The van der Waals surface area contributed by atoms with E-state index in [9.17, 15) is 14.4 Å². The minimum absolute atomic E-state index is 0. The molecule has 9 nitrogen and oxygen atoms in total.